The van der Waals surface area contributed by atoms with Crippen molar-refractivity contribution in [3.05, 3.63) is 46.7 Å². The molecule has 2 bridgehead atoms. The molecule has 6 nitrogen and oxygen atoms in total. The second kappa shape index (κ2) is 8.96. The largest absolute Gasteiger partial charge is 0.376 e. The highest BCUT2D eigenvalue weighted by molar-refractivity contribution is 6.33. The van der Waals surface area contributed by atoms with Crippen molar-refractivity contribution in [2.75, 3.05) is 50.8 Å². The Morgan fingerprint density at radius 1 is 1.15 bits per heavy atom. The Bertz CT molecular complexity index is 1060. The summed E-state index contributed by atoms with van der Waals surface area (Å²) in [4.78, 5) is 9.56. The lowest BCUT2D eigenvalue weighted by Gasteiger charge is -2.47. The van der Waals surface area contributed by atoms with Crippen LogP contribution < -0.4 is 4.90 Å². The van der Waals surface area contributed by atoms with E-state index in [1.165, 1.54) is 0 Å². The number of aromatic nitrogens is 1. The molecule has 5 aliphatic heterocycles. The van der Waals surface area contributed by atoms with Gasteiger partial charge in [-0.25, -0.2) is 4.98 Å². The molecule has 5 saturated heterocycles. The van der Waals surface area contributed by atoms with Gasteiger partial charge >= 0.3 is 0 Å². The summed E-state index contributed by atoms with van der Waals surface area (Å²) in [5.41, 5.74) is 0.810. The van der Waals surface area contributed by atoms with Crippen LogP contribution in [-0.4, -0.2) is 72.3 Å². The summed E-state index contributed by atoms with van der Waals surface area (Å²) >= 11 is 6.79. The van der Waals surface area contributed by atoms with Crippen LogP contribution in [0.15, 0.2) is 30.4 Å². The van der Waals surface area contributed by atoms with E-state index in [4.69, 9.17) is 26.1 Å². The summed E-state index contributed by atoms with van der Waals surface area (Å²) in [7, 11) is 0. The van der Waals surface area contributed by atoms with E-state index in [9.17, 15) is 5.11 Å². The van der Waals surface area contributed by atoms with Gasteiger partial charge in [0.05, 0.1) is 30.5 Å². The monoisotopic (exact) mass is 481 g/mol. The number of pyridine rings is 1. The van der Waals surface area contributed by atoms with Gasteiger partial charge in [0, 0.05) is 31.0 Å². The highest BCUT2D eigenvalue weighted by Gasteiger charge is 2.45. The van der Waals surface area contributed by atoms with Gasteiger partial charge in [-0.2, -0.15) is 0 Å². The maximum atomic E-state index is 11.3. The number of ether oxygens (including phenoxy) is 2. The molecule has 1 N–H and O–H groups in total. The molecular formula is C27H32ClN3O3. The number of fused-ring (bicyclic) bond motifs is 3. The Balaban J connectivity index is 1.32. The van der Waals surface area contributed by atoms with Gasteiger partial charge in [-0.3, -0.25) is 4.90 Å². The van der Waals surface area contributed by atoms with Crippen molar-refractivity contribution in [1.82, 2.24) is 9.88 Å². The lowest BCUT2D eigenvalue weighted by atomic mass is 9.75. The number of hydrogen-bond donors (Lipinski definition) is 1. The molecule has 1 aromatic rings. The van der Waals surface area contributed by atoms with Crippen LogP contribution in [0.1, 0.15) is 36.9 Å². The topological polar surface area (TPSA) is 58.1 Å². The molecule has 1 aromatic heterocycles. The fourth-order valence-electron chi connectivity index (χ4n) is 6.06. The molecule has 6 heterocycles. The standard InChI is InChI=1S/C27H32ClN3O3/c28-23-17-21(6-9-26(32)18-30-11-7-22(26)8-12-30)24(16-20-4-2-1-3-5-20)29-25(23)31-13-10-27(19-31)33-14-15-34-27/h1-4,17,20,22,32H,5,7-8,10-16,18-19H2/t20?,26-/m1/s1. The average Bonchev–Trinajstić information content (AvgIpc) is 3.50. The predicted molar refractivity (Wildman–Crippen MR) is 132 cm³/mol. The molecule has 2 atom stereocenters. The van der Waals surface area contributed by atoms with Crippen LogP contribution in [0, 0.1) is 23.7 Å². The Labute approximate surface area is 206 Å². The summed E-state index contributed by atoms with van der Waals surface area (Å²) in [6.45, 7) is 5.46. The molecule has 0 aromatic carbocycles. The van der Waals surface area contributed by atoms with Gasteiger partial charge in [0.2, 0.25) is 0 Å². The third-order valence-corrected chi connectivity index (χ3v) is 8.29. The highest BCUT2D eigenvalue weighted by Crippen LogP contribution is 2.38. The molecule has 0 amide bonds. The molecule has 1 unspecified atom stereocenters. The number of hydrogen-bond acceptors (Lipinski definition) is 6. The van der Waals surface area contributed by atoms with Crippen molar-refractivity contribution in [3.8, 4) is 11.8 Å². The van der Waals surface area contributed by atoms with E-state index in [0.717, 1.165) is 68.8 Å². The number of anilines is 1. The molecule has 1 spiro atoms. The van der Waals surface area contributed by atoms with Gasteiger partial charge in [-0.05, 0) is 50.8 Å². The Kier molecular flexibility index (Phi) is 5.95. The molecule has 34 heavy (non-hydrogen) atoms. The van der Waals surface area contributed by atoms with E-state index < -0.39 is 11.4 Å². The minimum Gasteiger partial charge on any atom is -0.376 e. The molecule has 0 radical (unpaired) electrons. The van der Waals surface area contributed by atoms with Crippen LogP contribution in [-0.2, 0) is 15.9 Å². The van der Waals surface area contributed by atoms with Crippen molar-refractivity contribution >= 4 is 17.4 Å². The van der Waals surface area contributed by atoms with Gasteiger partial charge in [-0.1, -0.05) is 47.7 Å². The summed E-state index contributed by atoms with van der Waals surface area (Å²) in [5.74, 6) is 7.44. The summed E-state index contributed by atoms with van der Waals surface area (Å²) in [6.07, 6.45) is 13.2. The maximum absolute atomic E-state index is 11.3. The summed E-state index contributed by atoms with van der Waals surface area (Å²) in [5, 5.41) is 11.9. The second-order valence-electron chi connectivity index (χ2n) is 10.3. The first-order valence-electron chi connectivity index (χ1n) is 12.6. The summed E-state index contributed by atoms with van der Waals surface area (Å²) < 4.78 is 11.8. The predicted octanol–water partition coefficient (Wildman–Crippen LogP) is 3.17. The zero-order valence-corrected chi connectivity index (χ0v) is 20.3. The van der Waals surface area contributed by atoms with E-state index in [1.54, 1.807) is 0 Å². The van der Waals surface area contributed by atoms with E-state index in [0.29, 0.717) is 37.2 Å². The maximum Gasteiger partial charge on any atom is 0.187 e. The van der Waals surface area contributed by atoms with Crippen LogP contribution in [0.2, 0.25) is 5.02 Å². The minimum atomic E-state index is -0.953. The first-order valence-corrected chi connectivity index (χ1v) is 12.9. The molecular weight excluding hydrogens is 450 g/mol. The molecule has 0 saturated carbocycles. The number of aliphatic hydroxyl groups is 1. The first-order chi connectivity index (χ1) is 16.5. The van der Waals surface area contributed by atoms with Gasteiger partial charge in [0.25, 0.3) is 0 Å². The smallest absolute Gasteiger partial charge is 0.187 e. The van der Waals surface area contributed by atoms with Crippen molar-refractivity contribution < 1.29 is 14.6 Å². The molecule has 180 valence electrons. The van der Waals surface area contributed by atoms with Crippen LogP contribution in [0.25, 0.3) is 0 Å². The minimum absolute atomic E-state index is 0.245. The van der Waals surface area contributed by atoms with Gasteiger partial charge in [0.15, 0.2) is 5.79 Å². The fraction of sp³-hybridized carbons (Fsp3) is 0.593. The Morgan fingerprint density at radius 2 is 1.97 bits per heavy atom. The SMILES string of the molecule is O[C@]1(C#Cc2cc(Cl)c(N3CCC4(C3)OCCO4)nc2CC2C=CC=CC2)CN2CCC1CC2. The lowest BCUT2D eigenvalue weighted by molar-refractivity contribution is -0.137. The van der Waals surface area contributed by atoms with Crippen molar-refractivity contribution in [3.63, 3.8) is 0 Å². The van der Waals surface area contributed by atoms with Crippen LogP contribution in [0.4, 0.5) is 5.82 Å². The number of allylic oxidation sites excluding steroid dienone is 4. The van der Waals surface area contributed by atoms with Crippen molar-refractivity contribution in [1.29, 1.82) is 0 Å². The third kappa shape index (κ3) is 4.29. The van der Waals surface area contributed by atoms with Gasteiger partial charge in [0.1, 0.15) is 11.4 Å². The number of halogens is 1. The van der Waals surface area contributed by atoms with Crippen molar-refractivity contribution in [2.24, 2.45) is 11.8 Å². The highest BCUT2D eigenvalue weighted by atomic mass is 35.5. The molecule has 7 rings (SSSR count). The van der Waals surface area contributed by atoms with Crippen LogP contribution >= 0.6 is 11.6 Å². The summed E-state index contributed by atoms with van der Waals surface area (Å²) in [6, 6.07) is 1.95. The zero-order valence-electron chi connectivity index (χ0n) is 19.5. The Hall–Kier alpha value is -1.88. The zero-order chi connectivity index (χ0) is 23.2. The first kappa shape index (κ1) is 22.6. The quantitative estimate of drug-likeness (QED) is 0.669. The molecule has 7 heteroatoms. The number of rotatable bonds is 3. The van der Waals surface area contributed by atoms with Crippen molar-refractivity contribution in [2.45, 2.75) is 43.5 Å². The van der Waals surface area contributed by atoms with E-state index in [1.807, 2.05) is 6.07 Å². The fourth-order valence-corrected chi connectivity index (χ4v) is 6.33. The Morgan fingerprint density at radius 3 is 2.68 bits per heavy atom. The van der Waals surface area contributed by atoms with E-state index in [-0.39, 0.29) is 5.92 Å². The van der Waals surface area contributed by atoms with E-state index >= 15 is 0 Å². The number of nitrogens with zero attached hydrogens (tertiary/aromatic N) is 3. The van der Waals surface area contributed by atoms with Gasteiger partial charge < -0.3 is 19.5 Å². The van der Waals surface area contributed by atoms with Gasteiger partial charge in [-0.15, -0.1) is 0 Å². The molecule has 5 fully saturated rings. The van der Waals surface area contributed by atoms with E-state index in [2.05, 4.69) is 45.9 Å². The molecule has 6 aliphatic rings. The normalized spacial score (nSPS) is 33.5. The lowest BCUT2D eigenvalue weighted by Crippen LogP contribution is -2.58. The molecule has 1 aliphatic carbocycles. The van der Waals surface area contributed by atoms with Crippen LogP contribution in [0.3, 0.4) is 0 Å². The average molecular weight is 482 g/mol. The third-order valence-electron chi connectivity index (χ3n) is 8.01. The number of piperidine rings is 3. The second-order valence-corrected chi connectivity index (χ2v) is 10.7. The van der Waals surface area contributed by atoms with Crippen LogP contribution in [0.5, 0.6) is 0 Å².